The Hall–Kier alpha value is -1.11. The minimum absolute atomic E-state index is 0.186. The van der Waals surface area contributed by atoms with Crippen molar-refractivity contribution in [1.29, 1.82) is 0 Å². The molecule has 0 aromatic heterocycles. The Bertz CT molecular complexity index is 351. The Morgan fingerprint density at radius 2 is 2.07 bits per heavy atom. The first kappa shape index (κ1) is 9.45. The van der Waals surface area contributed by atoms with Crippen LogP contribution >= 0.6 is 0 Å². The first-order valence-corrected chi connectivity index (χ1v) is 5.35. The van der Waals surface area contributed by atoms with E-state index >= 15 is 0 Å². The van der Waals surface area contributed by atoms with Gasteiger partial charge in [0.25, 0.3) is 0 Å². The molecule has 2 aliphatic carbocycles. The second-order valence-electron chi connectivity index (χ2n) is 4.22. The van der Waals surface area contributed by atoms with Crippen LogP contribution < -0.4 is 0 Å². The number of hydrogen-bond acceptors (Lipinski definition) is 1. The fraction of sp³-hybridized carbons (Fsp3) is 0.462. The minimum atomic E-state index is 0.186. The van der Waals surface area contributed by atoms with Crippen LogP contribution in [-0.4, -0.2) is 5.78 Å². The molecule has 0 saturated carbocycles. The van der Waals surface area contributed by atoms with Crippen LogP contribution in [-0.2, 0) is 4.79 Å². The molecule has 0 saturated heterocycles. The van der Waals surface area contributed by atoms with E-state index in [0.717, 1.165) is 24.8 Å². The highest BCUT2D eigenvalue weighted by Gasteiger charge is 2.35. The van der Waals surface area contributed by atoms with Gasteiger partial charge in [0.1, 0.15) is 0 Å². The van der Waals surface area contributed by atoms with E-state index in [-0.39, 0.29) is 11.2 Å². The summed E-state index contributed by atoms with van der Waals surface area (Å²) in [4.78, 5) is 11.6. The van der Waals surface area contributed by atoms with Crippen LogP contribution in [0.5, 0.6) is 0 Å². The molecule has 0 heterocycles. The molecule has 0 aromatic rings. The van der Waals surface area contributed by atoms with Crippen LogP contribution in [0.3, 0.4) is 0 Å². The molecule has 0 bridgehead atoms. The van der Waals surface area contributed by atoms with Gasteiger partial charge in [-0.3, -0.25) is 4.79 Å². The van der Waals surface area contributed by atoms with E-state index < -0.39 is 0 Å². The van der Waals surface area contributed by atoms with E-state index in [0.29, 0.717) is 0 Å². The fourth-order valence-electron chi connectivity index (χ4n) is 2.35. The van der Waals surface area contributed by atoms with Crippen LogP contribution in [0, 0.1) is 5.41 Å². The van der Waals surface area contributed by atoms with Crippen LogP contribution in [0.1, 0.15) is 33.1 Å². The Labute approximate surface area is 85.2 Å². The summed E-state index contributed by atoms with van der Waals surface area (Å²) in [5.41, 5.74) is 2.44. The second kappa shape index (κ2) is 3.23. The maximum atomic E-state index is 11.6. The normalized spacial score (nSPS) is 23.1. The number of carbonyl (C=O) groups excluding carboxylic acids is 1. The predicted octanol–water partition coefficient (Wildman–Crippen LogP) is 3.19. The summed E-state index contributed by atoms with van der Waals surface area (Å²) in [6.07, 6.45) is 11.1. The molecular formula is C13H16O. The van der Waals surface area contributed by atoms with Crippen molar-refractivity contribution >= 4 is 5.78 Å². The predicted molar refractivity (Wildman–Crippen MR) is 57.9 cm³/mol. The van der Waals surface area contributed by atoms with Crippen molar-refractivity contribution in [2.75, 3.05) is 0 Å². The van der Waals surface area contributed by atoms with Crippen molar-refractivity contribution < 1.29 is 4.79 Å². The summed E-state index contributed by atoms with van der Waals surface area (Å²) in [7, 11) is 0. The minimum Gasteiger partial charge on any atom is -0.289 e. The van der Waals surface area contributed by atoms with Crippen molar-refractivity contribution in [3.05, 3.63) is 35.5 Å². The number of rotatable bonds is 2. The first-order chi connectivity index (χ1) is 6.71. The summed E-state index contributed by atoms with van der Waals surface area (Å²) in [5, 5.41) is 0. The van der Waals surface area contributed by atoms with Gasteiger partial charge in [-0.05, 0) is 36.3 Å². The lowest BCUT2D eigenvalue weighted by Gasteiger charge is -2.23. The molecule has 0 aliphatic heterocycles. The molecule has 0 spiro atoms. The molecule has 74 valence electrons. The third-order valence-corrected chi connectivity index (χ3v) is 3.56. The standard InChI is InChI=1S/C13H16O/c1-3-13(4-2)8-10-6-5-7-12(14)11(10)9-13/h5-7,9H,3-4,8H2,1-2H3. The van der Waals surface area contributed by atoms with Crippen LogP contribution in [0.4, 0.5) is 0 Å². The molecule has 1 nitrogen and oxygen atoms in total. The van der Waals surface area contributed by atoms with E-state index in [4.69, 9.17) is 0 Å². The van der Waals surface area contributed by atoms with E-state index in [9.17, 15) is 4.79 Å². The van der Waals surface area contributed by atoms with E-state index in [1.807, 2.05) is 6.08 Å². The van der Waals surface area contributed by atoms with Gasteiger partial charge in [-0.15, -0.1) is 0 Å². The van der Waals surface area contributed by atoms with Crippen LogP contribution in [0.25, 0.3) is 0 Å². The van der Waals surface area contributed by atoms with E-state index in [1.54, 1.807) is 6.08 Å². The van der Waals surface area contributed by atoms with Gasteiger partial charge in [0, 0.05) is 5.57 Å². The molecule has 0 unspecified atom stereocenters. The summed E-state index contributed by atoms with van der Waals surface area (Å²) < 4.78 is 0. The molecule has 14 heavy (non-hydrogen) atoms. The molecule has 0 fully saturated rings. The molecule has 1 heteroatoms. The van der Waals surface area contributed by atoms with Crippen molar-refractivity contribution in [3.8, 4) is 0 Å². The second-order valence-corrected chi connectivity index (χ2v) is 4.22. The van der Waals surface area contributed by atoms with E-state index in [1.165, 1.54) is 5.57 Å². The topological polar surface area (TPSA) is 17.1 Å². The Morgan fingerprint density at radius 3 is 2.64 bits per heavy atom. The van der Waals surface area contributed by atoms with Crippen molar-refractivity contribution in [2.45, 2.75) is 33.1 Å². The molecular weight excluding hydrogens is 172 g/mol. The number of carbonyl (C=O) groups is 1. The monoisotopic (exact) mass is 188 g/mol. The largest absolute Gasteiger partial charge is 0.289 e. The molecule has 0 atom stereocenters. The third kappa shape index (κ3) is 1.28. The zero-order chi connectivity index (χ0) is 10.2. The van der Waals surface area contributed by atoms with Crippen LogP contribution in [0.2, 0.25) is 0 Å². The SMILES string of the molecule is CCC1(CC)C=C2C(=O)C=CC=C2C1. The molecule has 2 rings (SSSR count). The lowest BCUT2D eigenvalue weighted by molar-refractivity contribution is -0.111. The fourth-order valence-corrected chi connectivity index (χ4v) is 2.35. The van der Waals surface area contributed by atoms with Gasteiger partial charge in [-0.2, -0.15) is 0 Å². The number of hydrogen-bond donors (Lipinski definition) is 0. The highest BCUT2D eigenvalue weighted by atomic mass is 16.1. The van der Waals surface area contributed by atoms with Crippen molar-refractivity contribution in [3.63, 3.8) is 0 Å². The summed E-state index contributed by atoms with van der Waals surface area (Å²) in [6, 6.07) is 0. The van der Waals surface area contributed by atoms with Crippen LogP contribution in [0.15, 0.2) is 35.5 Å². The molecule has 0 radical (unpaired) electrons. The first-order valence-electron chi connectivity index (χ1n) is 5.35. The smallest absolute Gasteiger partial charge is 0.185 e. The number of fused-ring (bicyclic) bond motifs is 1. The lowest BCUT2D eigenvalue weighted by atomic mass is 9.81. The zero-order valence-corrected chi connectivity index (χ0v) is 8.84. The molecule has 0 N–H and O–H groups in total. The average molecular weight is 188 g/mol. The average Bonchev–Trinajstić information content (AvgIpc) is 2.59. The lowest BCUT2D eigenvalue weighted by Crippen LogP contribution is -2.11. The van der Waals surface area contributed by atoms with Gasteiger partial charge in [0.2, 0.25) is 0 Å². The number of ketones is 1. The quantitative estimate of drug-likeness (QED) is 0.650. The third-order valence-electron chi connectivity index (χ3n) is 3.56. The highest BCUT2D eigenvalue weighted by Crippen LogP contribution is 2.45. The Balaban J connectivity index is 2.39. The highest BCUT2D eigenvalue weighted by molar-refractivity contribution is 6.09. The Kier molecular flexibility index (Phi) is 2.18. The van der Waals surface area contributed by atoms with Gasteiger partial charge in [0.05, 0.1) is 0 Å². The van der Waals surface area contributed by atoms with Gasteiger partial charge in [-0.1, -0.05) is 32.1 Å². The van der Waals surface area contributed by atoms with Gasteiger partial charge >= 0.3 is 0 Å². The van der Waals surface area contributed by atoms with Gasteiger partial charge in [0.15, 0.2) is 5.78 Å². The molecule has 2 aliphatic rings. The Morgan fingerprint density at radius 1 is 1.36 bits per heavy atom. The summed E-state index contributed by atoms with van der Waals surface area (Å²) in [6.45, 7) is 4.41. The van der Waals surface area contributed by atoms with E-state index in [2.05, 4.69) is 26.0 Å². The van der Waals surface area contributed by atoms with Crippen molar-refractivity contribution in [2.24, 2.45) is 5.41 Å². The van der Waals surface area contributed by atoms with Crippen molar-refractivity contribution in [1.82, 2.24) is 0 Å². The van der Waals surface area contributed by atoms with Gasteiger partial charge < -0.3 is 0 Å². The maximum Gasteiger partial charge on any atom is 0.185 e. The number of allylic oxidation sites excluding steroid dienone is 6. The van der Waals surface area contributed by atoms with Gasteiger partial charge in [-0.25, -0.2) is 0 Å². The summed E-state index contributed by atoms with van der Waals surface area (Å²) in [5.74, 6) is 0.186. The zero-order valence-electron chi connectivity index (χ0n) is 8.84. The molecule has 0 amide bonds. The summed E-state index contributed by atoms with van der Waals surface area (Å²) >= 11 is 0. The maximum absolute atomic E-state index is 11.6. The molecule has 0 aromatic carbocycles.